The Morgan fingerprint density at radius 1 is 1.44 bits per heavy atom. The Morgan fingerprint density at radius 3 is 2.94 bits per heavy atom. The van der Waals surface area contributed by atoms with Crippen molar-refractivity contribution in [2.75, 3.05) is 20.1 Å². The number of aromatic nitrogens is 1. The summed E-state index contributed by atoms with van der Waals surface area (Å²) < 4.78 is 0. The first-order valence-electron chi connectivity index (χ1n) is 6.56. The molecule has 0 saturated heterocycles. The summed E-state index contributed by atoms with van der Waals surface area (Å²) in [5, 5.41) is 2.90. The van der Waals surface area contributed by atoms with Crippen LogP contribution in [0.5, 0.6) is 0 Å². The number of nitrogens with zero attached hydrogens (tertiary/aromatic N) is 2. The topological polar surface area (TPSA) is 45.2 Å². The van der Waals surface area contributed by atoms with E-state index in [9.17, 15) is 4.79 Å². The average Bonchev–Trinajstić information content (AvgIpc) is 2.41. The molecule has 100 valence electrons. The average molecular weight is 249 g/mol. The van der Waals surface area contributed by atoms with Crippen LogP contribution in [0.25, 0.3) is 0 Å². The highest BCUT2D eigenvalue weighted by Gasteiger charge is 2.04. The summed E-state index contributed by atoms with van der Waals surface area (Å²) in [5.41, 5.74) is 1.03. The van der Waals surface area contributed by atoms with Crippen molar-refractivity contribution in [3.63, 3.8) is 0 Å². The zero-order chi connectivity index (χ0) is 13.2. The lowest BCUT2D eigenvalue weighted by atomic mass is 10.2. The number of carbonyl (C=O) groups is 1. The molecule has 0 radical (unpaired) electrons. The van der Waals surface area contributed by atoms with E-state index in [1.165, 1.54) is 12.8 Å². The molecule has 0 saturated carbocycles. The van der Waals surface area contributed by atoms with Crippen LogP contribution >= 0.6 is 0 Å². The normalized spacial score (nSPS) is 10.6. The molecular weight excluding hydrogens is 226 g/mol. The Kier molecular flexibility index (Phi) is 7.03. The lowest BCUT2D eigenvalue weighted by Crippen LogP contribution is -2.29. The molecule has 0 aromatic carbocycles. The molecule has 0 aliphatic rings. The van der Waals surface area contributed by atoms with Gasteiger partial charge in [0, 0.05) is 31.9 Å². The third kappa shape index (κ3) is 6.35. The molecule has 4 heteroatoms. The van der Waals surface area contributed by atoms with Gasteiger partial charge in [0.15, 0.2) is 0 Å². The number of rotatable bonds is 8. The summed E-state index contributed by atoms with van der Waals surface area (Å²) >= 11 is 0. The Morgan fingerprint density at radius 2 is 2.28 bits per heavy atom. The zero-order valence-corrected chi connectivity index (χ0v) is 11.4. The van der Waals surface area contributed by atoms with Crippen molar-refractivity contribution >= 4 is 5.91 Å². The fourth-order valence-electron chi connectivity index (χ4n) is 1.62. The number of hydrogen-bond acceptors (Lipinski definition) is 3. The summed E-state index contributed by atoms with van der Waals surface area (Å²) in [6, 6.07) is 3.83. The molecule has 1 N–H and O–H groups in total. The molecule has 0 atom stereocenters. The van der Waals surface area contributed by atoms with E-state index in [2.05, 4.69) is 29.2 Å². The SMILES string of the molecule is CCCCN(C)CCC(=O)NCc1cccnc1. The van der Waals surface area contributed by atoms with Gasteiger partial charge in [0.2, 0.25) is 5.91 Å². The first kappa shape index (κ1) is 14.6. The van der Waals surface area contributed by atoms with E-state index in [-0.39, 0.29) is 5.91 Å². The number of pyridine rings is 1. The van der Waals surface area contributed by atoms with E-state index in [0.717, 1.165) is 18.7 Å². The van der Waals surface area contributed by atoms with Crippen molar-refractivity contribution in [3.05, 3.63) is 30.1 Å². The molecule has 0 fully saturated rings. The van der Waals surface area contributed by atoms with E-state index in [4.69, 9.17) is 0 Å². The predicted octanol–water partition coefficient (Wildman–Crippen LogP) is 1.82. The third-order valence-electron chi connectivity index (χ3n) is 2.83. The van der Waals surface area contributed by atoms with Gasteiger partial charge >= 0.3 is 0 Å². The van der Waals surface area contributed by atoms with Crippen LogP contribution in [0.4, 0.5) is 0 Å². The van der Waals surface area contributed by atoms with Gasteiger partial charge in [-0.2, -0.15) is 0 Å². The molecule has 18 heavy (non-hydrogen) atoms. The van der Waals surface area contributed by atoms with Crippen LogP contribution in [-0.2, 0) is 11.3 Å². The smallest absolute Gasteiger partial charge is 0.221 e. The van der Waals surface area contributed by atoms with Crippen molar-refractivity contribution < 1.29 is 4.79 Å². The first-order valence-corrected chi connectivity index (χ1v) is 6.56. The maximum absolute atomic E-state index is 11.6. The van der Waals surface area contributed by atoms with Gasteiger partial charge in [0.25, 0.3) is 0 Å². The molecule has 1 aromatic heterocycles. The van der Waals surface area contributed by atoms with Crippen molar-refractivity contribution in [3.8, 4) is 0 Å². The molecule has 0 unspecified atom stereocenters. The van der Waals surface area contributed by atoms with Gasteiger partial charge in [0.05, 0.1) is 0 Å². The Balaban J connectivity index is 2.14. The van der Waals surface area contributed by atoms with Gasteiger partial charge < -0.3 is 10.2 Å². The molecule has 0 aliphatic carbocycles. The van der Waals surface area contributed by atoms with Crippen LogP contribution in [0.15, 0.2) is 24.5 Å². The second-order valence-electron chi connectivity index (χ2n) is 4.54. The highest BCUT2D eigenvalue weighted by atomic mass is 16.1. The molecule has 0 aliphatic heterocycles. The Labute approximate surface area is 109 Å². The number of amides is 1. The number of carbonyl (C=O) groups excluding carboxylic acids is 1. The maximum atomic E-state index is 11.6. The number of unbranched alkanes of at least 4 members (excludes halogenated alkanes) is 1. The molecule has 0 spiro atoms. The quantitative estimate of drug-likeness (QED) is 0.764. The van der Waals surface area contributed by atoms with Crippen LogP contribution < -0.4 is 5.32 Å². The fourth-order valence-corrected chi connectivity index (χ4v) is 1.62. The molecular formula is C14H23N3O. The van der Waals surface area contributed by atoms with E-state index < -0.39 is 0 Å². The second kappa shape index (κ2) is 8.64. The van der Waals surface area contributed by atoms with Gasteiger partial charge in [-0.25, -0.2) is 0 Å². The van der Waals surface area contributed by atoms with Crippen LogP contribution in [0, 0.1) is 0 Å². The zero-order valence-electron chi connectivity index (χ0n) is 11.4. The van der Waals surface area contributed by atoms with Gasteiger partial charge in [-0.1, -0.05) is 19.4 Å². The monoisotopic (exact) mass is 249 g/mol. The van der Waals surface area contributed by atoms with Crippen LogP contribution in [0.1, 0.15) is 31.7 Å². The van der Waals surface area contributed by atoms with Gasteiger partial charge in [0.1, 0.15) is 0 Å². The molecule has 1 heterocycles. The van der Waals surface area contributed by atoms with E-state index >= 15 is 0 Å². The number of nitrogens with one attached hydrogen (secondary N) is 1. The minimum absolute atomic E-state index is 0.0993. The first-order chi connectivity index (χ1) is 8.72. The predicted molar refractivity (Wildman–Crippen MR) is 73.1 cm³/mol. The molecule has 0 bridgehead atoms. The summed E-state index contributed by atoms with van der Waals surface area (Å²) in [5.74, 6) is 0.0993. The van der Waals surface area contributed by atoms with Crippen molar-refractivity contribution in [2.45, 2.75) is 32.7 Å². The van der Waals surface area contributed by atoms with Crippen LogP contribution in [0.2, 0.25) is 0 Å². The highest BCUT2D eigenvalue weighted by Crippen LogP contribution is 1.96. The molecule has 4 nitrogen and oxygen atoms in total. The molecule has 1 rings (SSSR count). The standard InChI is InChI=1S/C14H23N3O/c1-3-4-9-17(2)10-7-14(18)16-12-13-6-5-8-15-11-13/h5-6,8,11H,3-4,7,9-10,12H2,1-2H3,(H,16,18). The maximum Gasteiger partial charge on any atom is 0.221 e. The number of hydrogen-bond donors (Lipinski definition) is 1. The largest absolute Gasteiger partial charge is 0.352 e. The van der Waals surface area contributed by atoms with E-state index in [0.29, 0.717) is 13.0 Å². The third-order valence-corrected chi connectivity index (χ3v) is 2.83. The lowest BCUT2D eigenvalue weighted by molar-refractivity contribution is -0.121. The molecule has 1 aromatic rings. The highest BCUT2D eigenvalue weighted by molar-refractivity contribution is 5.76. The van der Waals surface area contributed by atoms with Gasteiger partial charge in [-0.05, 0) is 31.6 Å². The Hall–Kier alpha value is -1.42. The summed E-state index contributed by atoms with van der Waals surface area (Å²) in [7, 11) is 2.06. The van der Waals surface area contributed by atoms with Crippen LogP contribution in [-0.4, -0.2) is 35.9 Å². The minimum atomic E-state index is 0.0993. The van der Waals surface area contributed by atoms with E-state index in [1.54, 1.807) is 12.4 Å². The summed E-state index contributed by atoms with van der Waals surface area (Å²) in [6.45, 7) is 4.62. The van der Waals surface area contributed by atoms with Crippen molar-refractivity contribution in [1.29, 1.82) is 0 Å². The molecule has 1 amide bonds. The van der Waals surface area contributed by atoms with Gasteiger partial charge in [-0.3, -0.25) is 9.78 Å². The minimum Gasteiger partial charge on any atom is -0.352 e. The van der Waals surface area contributed by atoms with Gasteiger partial charge in [-0.15, -0.1) is 0 Å². The summed E-state index contributed by atoms with van der Waals surface area (Å²) in [6.07, 6.45) is 6.44. The fraction of sp³-hybridized carbons (Fsp3) is 0.571. The second-order valence-corrected chi connectivity index (χ2v) is 4.54. The van der Waals surface area contributed by atoms with Crippen LogP contribution in [0.3, 0.4) is 0 Å². The van der Waals surface area contributed by atoms with E-state index in [1.807, 2.05) is 12.1 Å². The Bertz CT molecular complexity index is 340. The van der Waals surface area contributed by atoms with Crippen molar-refractivity contribution in [1.82, 2.24) is 15.2 Å². The lowest BCUT2D eigenvalue weighted by Gasteiger charge is -2.15. The summed E-state index contributed by atoms with van der Waals surface area (Å²) in [4.78, 5) is 17.8. The van der Waals surface area contributed by atoms with Crippen molar-refractivity contribution in [2.24, 2.45) is 0 Å².